The summed E-state index contributed by atoms with van der Waals surface area (Å²) in [4.78, 5) is 4.56. The fourth-order valence-electron chi connectivity index (χ4n) is 2.90. The highest BCUT2D eigenvalue weighted by molar-refractivity contribution is 6.34. The molecule has 0 radical (unpaired) electrons. The summed E-state index contributed by atoms with van der Waals surface area (Å²) < 4.78 is 5.76. The van der Waals surface area contributed by atoms with Gasteiger partial charge in [-0.25, -0.2) is 0 Å². The Balaban J connectivity index is 2.06. The number of halogens is 1. The number of hydrogen-bond donors (Lipinski definition) is 0. The number of benzene rings is 2. The zero-order valence-corrected chi connectivity index (χ0v) is 15.3. The average molecular weight is 340 g/mol. The maximum absolute atomic E-state index is 6.59. The van der Waals surface area contributed by atoms with Crippen molar-refractivity contribution in [2.24, 2.45) is 5.92 Å². The van der Waals surface area contributed by atoms with Crippen LogP contribution in [0.2, 0.25) is 5.02 Å². The summed E-state index contributed by atoms with van der Waals surface area (Å²) in [5.74, 6) is 1.27. The standard InChI is InChI=1S/C21H22ClNO/c1-13(2)12-24-17-8-16-9-19(22)18(10-20(16)23-11-17)21-14(3)6-5-7-15(21)4/h5-11,13H,12H2,1-4H3. The molecular weight excluding hydrogens is 318 g/mol. The van der Waals surface area contributed by atoms with Crippen molar-refractivity contribution in [1.29, 1.82) is 0 Å². The monoisotopic (exact) mass is 339 g/mol. The van der Waals surface area contributed by atoms with Crippen LogP contribution in [0, 0.1) is 19.8 Å². The molecule has 3 aromatic rings. The molecule has 0 N–H and O–H groups in total. The Kier molecular flexibility index (Phi) is 4.77. The highest BCUT2D eigenvalue weighted by atomic mass is 35.5. The van der Waals surface area contributed by atoms with Gasteiger partial charge in [-0.1, -0.05) is 43.6 Å². The van der Waals surface area contributed by atoms with Crippen LogP contribution in [0.5, 0.6) is 5.75 Å². The lowest BCUT2D eigenvalue weighted by molar-refractivity contribution is 0.270. The molecule has 0 fully saturated rings. The van der Waals surface area contributed by atoms with E-state index in [4.69, 9.17) is 16.3 Å². The van der Waals surface area contributed by atoms with E-state index < -0.39 is 0 Å². The predicted octanol–water partition coefficient (Wildman–Crippen LogP) is 6.21. The van der Waals surface area contributed by atoms with Gasteiger partial charge in [0.1, 0.15) is 5.75 Å². The molecule has 124 valence electrons. The second-order valence-electron chi connectivity index (χ2n) is 6.67. The first-order valence-corrected chi connectivity index (χ1v) is 8.62. The van der Waals surface area contributed by atoms with Gasteiger partial charge in [0.05, 0.1) is 18.3 Å². The predicted molar refractivity (Wildman–Crippen MR) is 102 cm³/mol. The van der Waals surface area contributed by atoms with Crippen molar-refractivity contribution >= 4 is 22.5 Å². The van der Waals surface area contributed by atoms with Gasteiger partial charge in [0.15, 0.2) is 0 Å². The fraction of sp³-hybridized carbons (Fsp3) is 0.286. The van der Waals surface area contributed by atoms with Gasteiger partial charge in [0.25, 0.3) is 0 Å². The van der Waals surface area contributed by atoms with Gasteiger partial charge in [-0.2, -0.15) is 0 Å². The van der Waals surface area contributed by atoms with E-state index in [0.29, 0.717) is 12.5 Å². The molecule has 0 amide bonds. The number of aryl methyl sites for hydroxylation is 2. The topological polar surface area (TPSA) is 22.1 Å². The van der Waals surface area contributed by atoms with Crippen molar-refractivity contribution < 1.29 is 4.74 Å². The van der Waals surface area contributed by atoms with Crippen molar-refractivity contribution in [3.63, 3.8) is 0 Å². The summed E-state index contributed by atoms with van der Waals surface area (Å²) in [5.41, 5.74) is 5.57. The Morgan fingerprint density at radius 1 is 1.08 bits per heavy atom. The number of aromatic nitrogens is 1. The molecule has 24 heavy (non-hydrogen) atoms. The normalized spacial score (nSPS) is 11.2. The van der Waals surface area contributed by atoms with Crippen LogP contribution in [0.15, 0.2) is 42.6 Å². The van der Waals surface area contributed by atoms with Gasteiger partial charge in [-0.05, 0) is 54.7 Å². The summed E-state index contributed by atoms with van der Waals surface area (Å²) in [6, 6.07) is 12.3. The Hall–Kier alpha value is -2.06. The third-order valence-corrected chi connectivity index (χ3v) is 4.39. The minimum atomic E-state index is 0.482. The summed E-state index contributed by atoms with van der Waals surface area (Å²) in [5, 5.41) is 1.74. The van der Waals surface area contributed by atoms with E-state index in [-0.39, 0.29) is 0 Å². The molecule has 0 saturated heterocycles. The minimum absolute atomic E-state index is 0.482. The first kappa shape index (κ1) is 16.8. The zero-order chi connectivity index (χ0) is 17.3. The number of fused-ring (bicyclic) bond motifs is 1. The molecule has 1 aromatic heterocycles. The van der Waals surface area contributed by atoms with Crippen LogP contribution in [-0.2, 0) is 0 Å². The van der Waals surface area contributed by atoms with Crippen LogP contribution in [0.1, 0.15) is 25.0 Å². The first-order chi connectivity index (χ1) is 11.5. The SMILES string of the molecule is Cc1cccc(C)c1-c1cc2ncc(OCC(C)C)cc2cc1Cl. The summed E-state index contributed by atoms with van der Waals surface area (Å²) in [7, 11) is 0. The molecule has 0 atom stereocenters. The molecule has 2 aromatic carbocycles. The molecule has 3 rings (SSSR count). The second kappa shape index (κ2) is 6.82. The molecule has 0 spiro atoms. The average Bonchev–Trinajstić information content (AvgIpc) is 2.53. The van der Waals surface area contributed by atoms with Crippen molar-refractivity contribution in [2.45, 2.75) is 27.7 Å². The van der Waals surface area contributed by atoms with Gasteiger partial charge >= 0.3 is 0 Å². The van der Waals surface area contributed by atoms with E-state index in [1.807, 2.05) is 12.1 Å². The molecule has 0 aliphatic rings. The molecule has 3 heteroatoms. The molecular formula is C21H22ClNO. The van der Waals surface area contributed by atoms with Crippen LogP contribution in [-0.4, -0.2) is 11.6 Å². The fourth-order valence-corrected chi connectivity index (χ4v) is 3.17. The maximum atomic E-state index is 6.59. The Labute approximate surface area is 148 Å². The van der Waals surface area contributed by atoms with Gasteiger partial charge < -0.3 is 4.74 Å². The number of pyridine rings is 1. The van der Waals surface area contributed by atoms with Crippen molar-refractivity contribution in [1.82, 2.24) is 4.98 Å². The number of nitrogens with zero attached hydrogens (tertiary/aromatic N) is 1. The van der Waals surface area contributed by atoms with Crippen molar-refractivity contribution in [3.05, 3.63) is 58.7 Å². The lowest BCUT2D eigenvalue weighted by atomic mass is 9.95. The van der Waals surface area contributed by atoms with Gasteiger partial charge in [0.2, 0.25) is 0 Å². The van der Waals surface area contributed by atoms with E-state index >= 15 is 0 Å². The van der Waals surface area contributed by atoms with Gasteiger partial charge in [-0.15, -0.1) is 0 Å². The van der Waals surface area contributed by atoms with E-state index in [2.05, 4.69) is 56.9 Å². The van der Waals surface area contributed by atoms with Crippen LogP contribution < -0.4 is 4.74 Å². The van der Waals surface area contributed by atoms with Gasteiger partial charge in [0, 0.05) is 16.0 Å². The molecule has 0 unspecified atom stereocenters. The maximum Gasteiger partial charge on any atom is 0.138 e. The summed E-state index contributed by atoms with van der Waals surface area (Å²) in [6.45, 7) is 9.16. The second-order valence-corrected chi connectivity index (χ2v) is 7.07. The van der Waals surface area contributed by atoms with Crippen molar-refractivity contribution in [3.8, 4) is 16.9 Å². The highest BCUT2D eigenvalue weighted by Crippen LogP contribution is 2.36. The molecule has 1 heterocycles. The minimum Gasteiger partial charge on any atom is -0.492 e. The lowest BCUT2D eigenvalue weighted by Gasteiger charge is -2.13. The van der Waals surface area contributed by atoms with E-state index in [1.165, 1.54) is 16.7 Å². The summed E-state index contributed by atoms with van der Waals surface area (Å²) >= 11 is 6.59. The Morgan fingerprint density at radius 2 is 1.79 bits per heavy atom. The lowest BCUT2D eigenvalue weighted by Crippen LogP contribution is -2.04. The Morgan fingerprint density at radius 3 is 2.46 bits per heavy atom. The van der Waals surface area contributed by atoms with Crippen LogP contribution in [0.25, 0.3) is 22.0 Å². The van der Waals surface area contributed by atoms with Crippen LogP contribution >= 0.6 is 11.6 Å². The molecule has 0 bridgehead atoms. The first-order valence-electron chi connectivity index (χ1n) is 8.24. The Bertz CT molecular complexity index is 866. The summed E-state index contributed by atoms with van der Waals surface area (Å²) in [6.07, 6.45) is 1.78. The zero-order valence-electron chi connectivity index (χ0n) is 14.6. The largest absolute Gasteiger partial charge is 0.492 e. The van der Waals surface area contributed by atoms with E-state index in [9.17, 15) is 0 Å². The number of rotatable bonds is 4. The van der Waals surface area contributed by atoms with E-state index in [1.54, 1.807) is 6.20 Å². The van der Waals surface area contributed by atoms with E-state index in [0.717, 1.165) is 27.2 Å². The molecule has 0 aliphatic heterocycles. The molecule has 0 aliphatic carbocycles. The van der Waals surface area contributed by atoms with Gasteiger partial charge in [-0.3, -0.25) is 4.98 Å². The number of ether oxygens (including phenoxy) is 1. The third kappa shape index (κ3) is 3.39. The van der Waals surface area contributed by atoms with Crippen LogP contribution in [0.4, 0.5) is 0 Å². The quantitative estimate of drug-likeness (QED) is 0.564. The van der Waals surface area contributed by atoms with Crippen molar-refractivity contribution in [2.75, 3.05) is 6.61 Å². The third-order valence-electron chi connectivity index (χ3n) is 4.08. The number of hydrogen-bond acceptors (Lipinski definition) is 2. The molecule has 2 nitrogen and oxygen atoms in total. The highest BCUT2D eigenvalue weighted by Gasteiger charge is 2.12. The molecule has 0 saturated carbocycles. The van der Waals surface area contributed by atoms with Crippen LogP contribution in [0.3, 0.4) is 0 Å². The smallest absolute Gasteiger partial charge is 0.138 e.